The van der Waals surface area contributed by atoms with Gasteiger partial charge >= 0.3 is 0 Å². The van der Waals surface area contributed by atoms with Crippen molar-refractivity contribution in [3.8, 4) is 51.0 Å². The molecule has 0 saturated carbocycles. The largest absolute Gasteiger partial charge is 0.309 e. The molecule has 2 aromatic heterocycles. The van der Waals surface area contributed by atoms with E-state index in [0.717, 1.165) is 60.7 Å². The molecular formula is C55H34N4. The molecule has 0 aliphatic carbocycles. The summed E-state index contributed by atoms with van der Waals surface area (Å²) < 4.78 is 2.48. The summed E-state index contributed by atoms with van der Waals surface area (Å²) in [6.45, 7) is 0. The van der Waals surface area contributed by atoms with Crippen LogP contribution in [0.15, 0.2) is 206 Å². The average Bonchev–Trinajstić information content (AvgIpc) is 3.63. The fraction of sp³-hybridized carbons (Fsp3) is 0. The fourth-order valence-electron chi connectivity index (χ4n) is 9.02. The molecular weight excluding hydrogens is 717 g/mol. The van der Waals surface area contributed by atoms with Gasteiger partial charge in [0.1, 0.15) is 0 Å². The highest BCUT2D eigenvalue weighted by atomic mass is 15.0. The zero-order chi connectivity index (χ0) is 38.9. The lowest BCUT2D eigenvalue weighted by Crippen LogP contribution is -2.03. The minimum absolute atomic E-state index is 0.628. The van der Waals surface area contributed by atoms with Crippen LogP contribution in [0.2, 0.25) is 0 Å². The molecule has 0 aliphatic rings. The Morgan fingerprint density at radius 1 is 0.305 bits per heavy atom. The number of hydrogen-bond acceptors (Lipinski definition) is 3. The molecule has 0 spiro atoms. The maximum atomic E-state index is 5.37. The van der Waals surface area contributed by atoms with E-state index in [4.69, 9.17) is 15.0 Å². The summed E-state index contributed by atoms with van der Waals surface area (Å²) in [5.41, 5.74) is 8.40. The van der Waals surface area contributed by atoms with Gasteiger partial charge in [-0.3, -0.25) is 0 Å². The molecule has 2 heterocycles. The van der Waals surface area contributed by atoms with E-state index in [0.29, 0.717) is 17.5 Å². The molecule has 0 N–H and O–H groups in total. The molecule has 10 aromatic carbocycles. The summed E-state index contributed by atoms with van der Waals surface area (Å²) in [6.07, 6.45) is 0. The zero-order valence-electron chi connectivity index (χ0n) is 31.9. The van der Waals surface area contributed by atoms with Gasteiger partial charge in [-0.1, -0.05) is 176 Å². The Bertz CT molecular complexity index is 3610. The second-order valence-corrected chi connectivity index (χ2v) is 15.2. The van der Waals surface area contributed by atoms with Crippen molar-refractivity contribution in [1.82, 2.24) is 19.5 Å². The Hall–Kier alpha value is -7.95. The highest BCUT2D eigenvalue weighted by molar-refractivity contribution is 6.24. The number of nitrogens with zero attached hydrogens (tertiary/aromatic N) is 4. The van der Waals surface area contributed by atoms with Gasteiger partial charge in [-0.25, -0.2) is 15.0 Å². The van der Waals surface area contributed by atoms with Crippen molar-refractivity contribution in [2.45, 2.75) is 0 Å². The lowest BCUT2D eigenvalue weighted by Gasteiger charge is -2.19. The number of hydrogen-bond donors (Lipinski definition) is 0. The third-order valence-corrected chi connectivity index (χ3v) is 11.8. The van der Waals surface area contributed by atoms with Gasteiger partial charge in [0.15, 0.2) is 17.5 Å². The molecule has 59 heavy (non-hydrogen) atoms. The SMILES string of the molecule is c1ccc(-c2nc(-c3ccc4ccccc4c3)nc(-c3c(-c4ccccc4)cc(-n4c5cc6ccccc6cc5c5c6ccccc6ccc54)c4ccccc34)n2)cc1. The summed E-state index contributed by atoms with van der Waals surface area (Å²) >= 11 is 0. The summed E-state index contributed by atoms with van der Waals surface area (Å²) in [7, 11) is 0. The summed E-state index contributed by atoms with van der Waals surface area (Å²) in [5, 5.41) is 11.9. The summed E-state index contributed by atoms with van der Waals surface area (Å²) in [6, 6.07) is 73.5. The fourth-order valence-corrected chi connectivity index (χ4v) is 9.02. The lowest BCUT2D eigenvalue weighted by molar-refractivity contribution is 1.08. The highest BCUT2D eigenvalue weighted by Gasteiger charge is 2.24. The number of fused-ring (bicyclic) bond motifs is 8. The summed E-state index contributed by atoms with van der Waals surface area (Å²) in [4.78, 5) is 15.8. The van der Waals surface area contributed by atoms with Gasteiger partial charge in [0.25, 0.3) is 0 Å². The first-order valence-corrected chi connectivity index (χ1v) is 20.0. The van der Waals surface area contributed by atoms with Crippen molar-refractivity contribution in [3.05, 3.63) is 206 Å². The molecule has 0 unspecified atom stereocenters. The van der Waals surface area contributed by atoms with Crippen LogP contribution in [0.5, 0.6) is 0 Å². The van der Waals surface area contributed by atoms with Gasteiger partial charge < -0.3 is 4.57 Å². The third-order valence-electron chi connectivity index (χ3n) is 11.8. The van der Waals surface area contributed by atoms with E-state index >= 15 is 0 Å². The monoisotopic (exact) mass is 750 g/mol. The van der Waals surface area contributed by atoms with Gasteiger partial charge in [-0.2, -0.15) is 0 Å². The number of benzene rings is 10. The Labute approximate surface area is 340 Å². The van der Waals surface area contributed by atoms with Crippen molar-refractivity contribution < 1.29 is 0 Å². The van der Waals surface area contributed by atoms with Crippen LogP contribution >= 0.6 is 0 Å². The van der Waals surface area contributed by atoms with E-state index in [1.54, 1.807) is 0 Å². The second kappa shape index (κ2) is 13.3. The predicted molar refractivity (Wildman–Crippen MR) is 246 cm³/mol. The van der Waals surface area contributed by atoms with Crippen molar-refractivity contribution in [2.24, 2.45) is 0 Å². The zero-order valence-corrected chi connectivity index (χ0v) is 31.9. The normalized spacial score (nSPS) is 11.7. The molecule has 0 aliphatic heterocycles. The van der Waals surface area contributed by atoms with E-state index in [9.17, 15) is 0 Å². The molecule has 12 rings (SSSR count). The number of rotatable bonds is 5. The van der Waals surface area contributed by atoms with Crippen molar-refractivity contribution in [3.63, 3.8) is 0 Å². The summed E-state index contributed by atoms with van der Waals surface area (Å²) in [5.74, 6) is 1.89. The Morgan fingerprint density at radius 3 is 1.59 bits per heavy atom. The van der Waals surface area contributed by atoms with Crippen LogP contribution in [-0.4, -0.2) is 19.5 Å². The molecule has 0 fully saturated rings. The van der Waals surface area contributed by atoms with Crippen molar-refractivity contribution in [2.75, 3.05) is 0 Å². The maximum Gasteiger partial charge on any atom is 0.165 e. The van der Waals surface area contributed by atoms with Gasteiger partial charge in [-0.15, -0.1) is 0 Å². The topological polar surface area (TPSA) is 43.6 Å². The Balaban J connectivity index is 1.20. The van der Waals surface area contributed by atoms with Crippen LogP contribution in [-0.2, 0) is 0 Å². The average molecular weight is 751 g/mol. The standard InChI is InChI=1S/C55H34N4/c1-3-16-36(17-4-1)46-34-50(59-48-30-29-37-18-11-12-24-43(37)51(48)47-32-40-22-9-10-23-41(40)33-49(47)59)44-25-13-14-26-45(44)52(46)55-57-53(38-19-5-2-6-20-38)56-54(58-55)42-28-27-35-15-7-8-21-39(35)31-42/h1-34H. The van der Waals surface area contributed by atoms with E-state index in [1.807, 2.05) is 18.2 Å². The molecule has 274 valence electrons. The maximum absolute atomic E-state index is 5.37. The van der Waals surface area contributed by atoms with Crippen molar-refractivity contribution >= 4 is 64.9 Å². The first-order valence-electron chi connectivity index (χ1n) is 20.0. The van der Waals surface area contributed by atoms with Gasteiger partial charge in [0, 0.05) is 32.8 Å². The van der Waals surface area contributed by atoms with Crippen LogP contribution in [0.4, 0.5) is 0 Å². The van der Waals surface area contributed by atoms with Crippen LogP contribution in [0.3, 0.4) is 0 Å². The molecule has 4 heteroatoms. The first-order chi connectivity index (χ1) is 29.2. The predicted octanol–water partition coefficient (Wildman–Crippen LogP) is 14.2. The van der Waals surface area contributed by atoms with Crippen molar-refractivity contribution in [1.29, 1.82) is 0 Å². The Morgan fingerprint density at radius 2 is 0.847 bits per heavy atom. The molecule has 0 amide bonds. The Kier molecular flexibility index (Phi) is 7.50. The molecule has 12 aromatic rings. The van der Waals surface area contributed by atoms with E-state index in [-0.39, 0.29) is 0 Å². The highest BCUT2D eigenvalue weighted by Crippen LogP contribution is 2.45. The van der Waals surface area contributed by atoms with E-state index in [2.05, 4.69) is 193 Å². The van der Waals surface area contributed by atoms with Crippen LogP contribution in [0, 0.1) is 0 Å². The molecule has 0 atom stereocenters. The minimum Gasteiger partial charge on any atom is -0.309 e. The minimum atomic E-state index is 0.628. The van der Waals surface area contributed by atoms with Gasteiger partial charge in [0.2, 0.25) is 0 Å². The van der Waals surface area contributed by atoms with E-state index in [1.165, 1.54) is 37.7 Å². The third kappa shape index (κ3) is 5.42. The van der Waals surface area contributed by atoms with E-state index < -0.39 is 0 Å². The van der Waals surface area contributed by atoms with Crippen LogP contribution < -0.4 is 0 Å². The first kappa shape index (κ1) is 33.2. The smallest absolute Gasteiger partial charge is 0.165 e. The second-order valence-electron chi connectivity index (χ2n) is 15.2. The molecule has 4 nitrogen and oxygen atoms in total. The lowest BCUT2D eigenvalue weighted by atomic mass is 9.92. The number of aromatic nitrogens is 4. The van der Waals surface area contributed by atoms with Crippen LogP contribution in [0.1, 0.15) is 0 Å². The molecule has 0 radical (unpaired) electrons. The quantitative estimate of drug-likeness (QED) is 0.176. The van der Waals surface area contributed by atoms with Gasteiger partial charge in [-0.05, 0) is 79.2 Å². The van der Waals surface area contributed by atoms with Gasteiger partial charge in [0.05, 0.1) is 16.7 Å². The molecule has 0 saturated heterocycles. The molecule has 0 bridgehead atoms. The van der Waals surface area contributed by atoms with Crippen LogP contribution in [0.25, 0.3) is 116 Å².